The van der Waals surface area contributed by atoms with E-state index in [1.807, 2.05) is 37.3 Å². The Morgan fingerprint density at radius 2 is 1.79 bits per heavy atom. The third-order valence-corrected chi connectivity index (χ3v) is 6.08. The topological polar surface area (TPSA) is 72.2 Å². The molecule has 1 aromatic heterocycles. The van der Waals surface area contributed by atoms with E-state index in [1.165, 1.54) is 18.2 Å². The van der Waals surface area contributed by atoms with Crippen molar-refractivity contribution in [1.82, 2.24) is 9.88 Å². The third-order valence-electron chi connectivity index (χ3n) is 4.51. The van der Waals surface area contributed by atoms with Crippen molar-refractivity contribution in [3.63, 3.8) is 0 Å². The maximum absolute atomic E-state index is 12.8. The summed E-state index contributed by atoms with van der Waals surface area (Å²) in [6.07, 6.45) is -4.67. The molecule has 154 valence electrons. The summed E-state index contributed by atoms with van der Waals surface area (Å²) in [4.78, 5) is -0.0215. The summed E-state index contributed by atoms with van der Waals surface area (Å²) in [5, 5.41) is 3.41. The average molecular weight is 424 g/mol. The van der Waals surface area contributed by atoms with Gasteiger partial charge >= 0.3 is 6.18 Å². The standard InChI is InChI=1S/C20H19F3N2O3S/c1-13-8-9-16(17-11-19(28-25-17)20(21,22)23)10-18(13)29(26,27)24-12-14(2)15-6-4-3-5-7-15/h3-11,14,24H,12H2,1-2H3/t14-/m1/s1. The number of benzene rings is 2. The van der Waals surface area contributed by atoms with E-state index in [0.29, 0.717) is 5.56 Å². The summed E-state index contributed by atoms with van der Waals surface area (Å²) in [7, 11) is -3.88. The van der Waals surface area contributed by atoms with E-state index < -0.39 is 22.0 Å². The number of sulfonamides is 1. The zero-order valence-electron chi connectivity index (χ0n) is 15.7. The predicted octanol–water partition coefficient (Wildman–Crippen LogP) is 4.75. The van der Waals surface area contributed by atoms with Crippen molar-refractivity contribution in [2.45, 2.75) is 30.8 Å². The van der Waals surface area contributed by atoms with Crippen LogP contribution in [0, 0.1) is 6.92 Å². The molecular weight excluding hydrogens is 405 g/mol. The second-order valence-corrected chi connectivity index (χ2v) is 8.45. The Labute approximate surface area is 166 Å². The molecule has 3 rings (SSSR count). The number of aromatic nitrogens is 1. The highest BCUT2D eigenvalue weighted by molar-refractivity contribution is 7.89. The van der Waals surface area contributed by atoms with Crippen LogP contribution < -0.4 is 4.72 Å². The predicted molar refractivity (Wildman–Crippen MR) is 102 cm³/mol. The summed E-state index contributed by atoms with van der Waals surface area (Å²) in [5.41, 5.74) is 1.58. The summed E-state index contributed by atoms with van der Waals surface area (Å²) < 4.78 is 70.7. The quantitative estimate of drug-likeness (QED) is 0.620. The molecule has 0 aliphatic rings. The minimum Gasteiger partial charge on any atom is -0.351 e. The van der Waals surface area contributed by atoms with Gasteiger partial charge in [0.25, 0.3) is 0 Å². The highest BCUT2D eigenvalue weighted by atomic mass is 32.2. The maximum Gasteiger partial charge on any atom is 0.452 e. The highest BCUT2D eigenvalue weighted by Gasteiger charge is 2.36. The van der Waals surface area contributed by atoms with Crippen molar-refractivity contribution in [3.8, 4) is 11.3 Å². The fourth-order valence-corrected chi connectivity index (χ4v) is 4.20. The van der Waals surface area contributed by atoms with Crippen molar-refractivity contribution in [2.24, 2.45) is 0 Å². The summed E-state index contributed by atoms with van der Waals surface area (Å²) in [5.74, 6) is -1.30. The van der Waals surface area contributed by atoms with Crippen LogP contribution in [0.15, 0.2) is 64.0 Å². The van der Waals surface area contributed by atoms with Crippen molar-refractivity contribution in [2.75, 3.05) is 6.54 Å². The molecule has 0 saturated carbocycles. The van der Waals surface area contributed by atoms with Gasteiger partial charge in [-0.25, -0.2) is 13.1 Å². The van der Waals surface area contributed by atoms with Gasteiger partial charge in [-0.15, -0.1) is 0 Å². The van der Waals surface area contributed by atoms with Crippen LogP contribution in [-0.2, 0) is 16.2 Å². The fourth-order valence-electron chi connectivity index (χ4n) is 2.81. The Kier molecular flexibility index (Phi) is 5.81. The second kappa shape index (κ2) is 8.00. The van der Waals surface area contributed by atoms with Gasteiger partial charge in [-0.3, -0.25) is 0 Å². The molecule has 0 aliphatic heterocycles. The van der Waals surface area contributed by atoms with Crippen molar-refractivity contribution in [1.29, 1.82) is 0 Å². The van der Waals surface area contributed by atoms with Gasteiger partial charge in [-0.05, 0) is 30.0 Å². The number of hydrogen-bond donors (Lipinski definition) is 1. The van der Waals surface area contributed by atoms with Crippen LogP contribution in [-0.4, -0.2) is 20.1 Å². The molecule has 1 atom stereocenters. The lowest BCUT2D eigenvalue weighted by molar-refractivity contribution is -0.155. The van der Waals surface area contributed by atoms with Gasteiger partial charge in [0, 0.05) is 18.2 Å². The first kappa shape index (κ1) is 21.1. The molecule has 0 radical (unpaired) electrons. The van der Waals surface area contributed by atoms with Crippen LogP contribution >= 0.6 is 0 Å². The van der Waals surface area contributed by atoms with Crippen LogP contribution in [0.2, 0.25) is 0 Å². The Morgan fingerprint density at radius 3 is 2.41 bits per heavy atom. The zero-order chi connectivity index (χ0) is 21.2. The molecule has 1 heterocycles. The van der Waals surface area contributed by atoms with Crippen LogP contribution in [0.5, 0.6) is 0 Å². The Bertz CT molecular complexity index is 1090. The van der Waals surface area contributed by atoms with Crippen LogP contribution in [0.3, 0.4) is 0 Å². The van der Waals surface area contributed by atoms with Crippen molar-refractivity contribution in [3.05, 3.63) is 71.5 Å². The molecule has 0 fully saturated rings. The molecule has 29 heavy (non-hydrogen) atoms. The zero-order valence-corrected chi connectivity index (χ0v) is 16.5. The van der Waals surface area contributed by atoms with E-state index in [-0.39, 0.29) is 28.6 Å². The van der Waals surface area contributed by atoms with Gasteiger partial charge in [-0.1, -0.05) is 54.5 Å². The van der Waals surface area contributed by atoms with E-state index in [9.17, 15) is 21.6 Å². The molecule has 2 aromatic carbocycles. The molecular formula is C20H19F3N2O3S. The third kappa shape index (κ3) is 4.86. The fraction of sp³-hybridized carbons (Fsp3) is 0.250. The molecule has 0 unspecified atom stereocenters. The molecule has 0 spiro atoms. The molecule has 0 saturated heterocycles. The molecule has 5 nitrogen and oxygen atoms in total. The lowest BCUT2D eigenvalue weighted by Gasteiger charge is -2.15. The number of alkyl halides is 3. The summed E-state index contributed by atoms with van der Waals surface area (Å²) >= 11 is 0. The van der Waals surface area contributed by atoms with Crippen LogP contribution in [0.4, 0.5) is 13.2 Å². The SMILES string of the molecule is Cc1ccc(-c2cc(C(F)(F)F)on2)cc1S(=O)(=O)NC[C@@H](C)c1ccccc1. The molecule has 9 heteroatoms. The first-order chi connectivity index (χ1) is 13.6. The Hall–Kier alpha value is -2.65. The number of nitrogens with one attached hydrogen (secondary N) is 1. The number of rotatable bonds is 6. The van der Waals surface area contributed by atoms with Gasteiger partial charge < -0.3 is 4.52 Å². The largest absolute Gasteiger partial charge is 0.452 e. The molecule has 0 bridgehead atoms. The maximum atomic E-state index is 12.8. The van der Waals surface area contributed by atoms with Gasteiger partial charge in [-0.2, -0.15) is 13.2 Å². The van der Waals surface area contributed by atoms with Crippen molar-refractivity contribution < 1.29 is 26.1 Å². The monoisotopic (exact) mass is 424 g/mol. The van der Waals surface area contributed by atoms with E-state index in [1.54, 1.807) is 6.92 Å². The van der Waals surface area contributed by atoms with E-state index in [4.69, 9.17) is 0 Å². The van der Waals surface area contributed by atoms with Gasteiger partial charge in [0.1, 0.15) is 5.69 Å². The number of halogens is 3. The van der Waals surface area contributed by atoms with Gasteiger partial charge in [0.05, 0.1) is 4.90 Å². The summed E-state index contributed by atoms with van der Waals surface area (Å²) in [6.45, 7) is 3.69. The Morgan fingerprint density at radius 1 is 1.10 bits per heavy atom. The minimum atomic E-state index is -4.67. The van der Waals surface area contributed by atoms with Gasteiger partial charge in [0.15, 0.2) is 0 Å². The molecule has 0 aliphatic carbocycles. The molecule has 3 aromatic rings. The van der Waals surface area contributed by atoms with E-state index in [0.717, 1.165) is 11.6 Å². The first-order valence-electron chi connectivity index (χ1n) is 8.77. The first-order valence-corrected chi connectivity index (χ1v) is 10.3. The molecule has 0 amide bonds. The highest BCUT2D eigenvalue weighted by Crippen LogP contribution is 2.33. The summed E-state index contributed by atoms with van der Waals surface area (Å²) in [6, 6.07) is 14.5. The lowest BCUT2D eigenvalue weighted by Crippen LogP contribution is -2.28. The molecule has 1 N–H and O–H groups in total. The lowest BCUT2D eigenvalue weighted by atomic mass is 10.0. The van der Waals surface area contributed by atoms with E-state index >= 15 is 0 Å². The van der Waals surface area contributed by atoms with Crippen LogP contribution in [0.25, 0.3) is 11.3 Å². The van der Waals surface area contributed by atoms with Crippen molar-refractivity contribution >= 4 is 10.0 Å². The number of aryl methyl sites for hydroxylation is 1. The number of hydrogen-bond acceptors (Lipinski definition) is 4. The average Bonchev–Trinajstić information content (AvgIpc) is 3.18. The second-order valence-electron chi connectivity index (χ2n) is 6.72. The smallest absolute Gasteiger partial charge is 0.351 e. The minimum absolute atomic E-state index is 0.0215. The van der Waals surface area contributed by atoms with Crippen LogP contribution in [0.1, 0.15) is 29.7 Å². The normalized spacial score (nSPS) is 13.4. The Balaban J connectivity index is 1.84. The van der Waals surface area contributed by atoms with Gasteiger partial charge in [0.2, 0.25) is 15.8 Å². The van der Waals surface area contributed by atoms with E-state index in [2.05, 4.69) is 14.4 Å². The number of nitrogens with zero attached hydrogens (tertiary/aromatic N) is 1.